The van der Waals surface area contributed by atoms with Crippen LogP contribution in [0.3, 0.4) is 0 Å². The van der Waals surface area contributed by atoms with Crippen LogP contribution in [0.25, 0.3) is 11.1 Å². The van der Waals surface area contributed by atoms with Gasteiger partial charge in [0, 0.05) is 19.7 Å². The molecule has 1 aromatic heterocycles. The minimum Gasteiger partial charge on any atom is -0.408 e. The number of oxazole rings is 1. The van der Waals surface area contributed by atoms with Gasteiger partial charge in [-0.15, -0.1) is 0 Å². The Morgan fingerprint density at radius 1 is 1.26 bits per heavy atom. The fourth-order valence-corrected chi connectivity index (χ4v) is 2.08. The van der Waals surface area contributed by atoms with Gasteiger partial charge in [-0.3, -0.25) is 4.98 Å². The van der Waals surface area contributed by atoms with Gasteiger partial charge in [0.25, 0.3) is 0 Å². The highest BCUT2D eigenvalue weighted by Crippen LogP contribution is 2.27. The standard InChI is InChI=1S/C13H20N4O2/c1-16(2)5-4-6-17(3)11-8-10-12(7-9(11)14)19-13(18)15-10/h7-8H,4-6,14H2,1-3H3,(H,15,18). The van der Waals surface area contributed by atoms with E-state index in [9.17, 15) is 4.79 Å². The normalized spacial score (nSPS) is 11.4. The first kappa shape index (κ1) is 13.5. The van der Waals surface area contributed by atoms with Crippen LogP contribution >= 0.6 is 0 Å². The number of nitrogens with zero attached hydrogens (tertiary/aromatic N) is 2. The van der Waals surface area contributed by atoms with Crippen LogP contribution in [0.5, 0.6) is 0 Å². The van der Waals surface area contributed by atoms with Crippen molar-refractivity contribution < 1.29 is 4.42 Å². The molecule has 0 aliphatic rings. The highest BCUT2D eigenvalue weighted by Gasteiger charge is 2.10. The predicted molar refractivity (Wildman–Crippen MR) is 77.7 cm³/mol. The van der Waals surface area contributed by atoms with Gasteiger partial charge in [0.15, 0.2) is 5.58 Å². The third-order valence-electron chi connectivity index (χ3n) is 3.08. The first-order valence-corrected chi connectivity index (χ1v) is 6.25. The number of hydrogen-bond acceptors (Lipinski definition) is 5. The Balaban J connectivity index is 2.18. The van der Waals surface area contributed by atoms with E-state index in [1.54, 1.807) is 6.07 Å². The molecule has 19 heavy (non-hydrogen) atoms. The molecule has 2 rings (SSSR count). The molecule has 0 aliphatic carbocycles. The quantitative estimate of drug-likeness (QED) is 0.790. The molecule has 6 nitrogen and oxygen atoms in total. The number of fused-ring (bicyclic) bond motifs is 1. The SMILES string of the molecule is CN(C)CCCN(C)c1cc2[nH]c(=O)oc2cc1N. The molecule has 2 aromatic rings. The monoisotopic (exact) mass is 264 g/mol. The van der Waals surface area contributed by atoms with Crippen molar-refractivity contribution in [2.45, 2.75) is 6.42 Å². The maximum absolute atomic E-state index is 11.1. The molecule has 0 aliphatic heterocycles. The number of nitrogen functional groups attached to an aromatic ring is 1. The summed E-state index contributed by atoms with van der Waals surface area (Å²) in [6.45, 7) is 1.92. The van der Waals surface area contributed by atoms with Crippen molar-refractivity contribution in [3.05, 3.63) is 22.7 Å². The Kier molecular flexibility index (Phi) is 3.80. The molecule has 0 amide bonds. The van der Waals surface area contributed by atoms with Crippen molar-refractivity contribution in [3.8, 4) is 0 Å². The van der Waals surface area contributed by atoms with Crippen LogP contribution in [-0.2, 0) is 0 Å². The van der Waals surface area contributed by atoms with Crippen LogP contribution < -0.4 is 16.4 Å². The number of hydrogen-bond donors (Lipinski definition) is 2. The highest BCUT2D eigenvalue weighted by atomic mass is 16.4. The number of nitrogens with one attached hydrogen (secondary N) is 1. The average Bonchev–Trinajstić information content (AvgIpc) is 2.66. The second-order valence-corrected chi connectivity index (χ2v) is 5.00. The van der Waals surface area contributed by atoms with Crippen molar-refractivity contribution in [1.29, 1.82) is 0 Å². The van der Waals surface area contributed by atoms with Crippen molar-refractivity contribution in [1.82, 2.24) is 9.88 Å². The molecule has 1 heterocycles. The van der Waals surface area contributed by atoms with Gasteiger partial charge in [-0.05, 0) is 33.1 Å². The molecule has 0 fully saturated rings. The van der Waals surface area contributed by atoms with Crippen LogP contribution in [0.2, 0.25) is 0 Å². The molecule has 0 atom stereocenters. The summed E-state index contributed by atoms with van der Waals surface area (Å²) in [5, 5.41) is 0. The van der Waals surface area contributed by atoms with Crippen molar-refractivity contribution >= 4 is 22.5 Å². The zero-order valence-electron chi connectivity index (χ0n) is 11.6. The third kappa shape index (κ3) is 3.08. The first-order chi connectivity index (χ1) is 8.97. The highest BCUT2D eigenvalue weighted by molar-refractivity contribution is 5.85. The van der Waals surface area contributed by atoms with Crippen LogP contribution in [0.1, 0.15) is 6.42 Å². The lowest BCUT2D eigenvalue weighted by atomic mass is 10.2. The van der Waals surface area contributed by atoms with Gasteiger partial charge >= 0.3 is 5.76 Å². The summed E-state index contributed by atoms with van der Waals surface area (Å²) >= 11 is 0. The minimum atomic E-state index is -0.457. The summed E-state index contributed by atoms with van der Waals surface area (Å²) in [6.07, 6.45) is 1.04. The van der Waals surface area contributed by atoms with Crippen molar-refractivity contribution in [2.24, 2.45) is 0 Å². The smallest absolute Gasteiger partial charge is 0.408 e. The van der Waals surface area contributed by atoms with Crippen LogP contribution in [0, 0.1) is 0 Å². The molecule has 0 radical (unpaired) electrons. The van der Waals surface area contributed by atoms with E-state index in [-0.39, 0.29) is 0 Å². The van der Waals surface area contributed by atoms with Gasteiger partial charge < -0.3 is 20.0 Å². The molecule has 0 saturated carbocycles. The molecule has 3 N–H and O–H groups in total. The van der Waals surface area contributed by atoms with Crippen molar-refractivity contribution in [2.75, 3.05) is 44.9 Å². The largest absolute Gasteiger partial charge is 0.417 e. The Morgan fingerprint density at radius 2 is 2.00 bits per heavy atom. The van der Waals surface area contributed by atoms with Gasteiger partial charge in [-0.2, -0.15) is 0 Å². The third-order valence-corrected chi connectivity index (χ3v) is 3.08. The van der Waals surface area contributed by atoms with E-state index in [0.29, 0.717) is 16.8 Å². The van der Waals surface area contributed by atoms with E-state index in [2.05, 4.69) is 28.9 Å². The van der Waals surface area contributed by atoms with E-state index in [1.165, 1.54) is 0 Å². The summed E-state index contributed by atoms with van der Waals surface area (Å²) in [7, 11) is 6.10. The van der Waals surface area contributed by atoms with Gasteiger partial charge in [-0.25, -0.2) is 4.79 Å². The maximum atomic E-state index is 11.1. The minimum absolute atomic E-state index is 0.457. The predicted octanol–water partition coefficient (Wildman–Crippen LogP) is 1.09. The van der Waals surface area contributed by atoms with Gasteiger partial charge in [-0.1, -0.05) is 0 Å². The number of aromatic nitrogens is 1. The van der Waals surface area contributed by atoms with Gasteiger partial charge in [0.05, 0.1) is 16.9 Å². The summed E-state index contributed by atoms with van der Waals surface area (Å²) in [5.41, 5.74) is 8.69. The van der Waals surface area contributed by atoms with E-state index in [4.69, 9.17) is 10.2 Å². The molecule has 1 aromatic carbocycles. The number of nitrogens with two attached hydrogens (primary N) is 1. The summed E-state index contributed by atoms with van der Waals surface area (Å²) in [4.78, 5) is 18.0. The lowest BCUT2D eigenvalue weighted by molar-refractivity contribution is 0.402. The van der Waals surface area contributed by atoms with Gasteiger partial charge in [0.1, 0.15) is 0 Å². The Hall–Kier alpha value is -1.95. The maximum Gasteiger partial charge on any atom is 0.417 e. The molecular formula is C13H20N4O2. The van der Waals surface area contributed by atoms with E-state index in [1.807, 2.05) is 13.1 Å². The second-order valence-electron chi connectivity index (χ2n) is 5.00. The number of aromatic amines is 1. The Bertz CT molecular complexity index is 615. The second kappa shape index (κ2) is 5.36. The first-order valence-electron chi connectivity index (χ1n) is 6.25. The fraction of sp³-hybridized carbons (Fsp3) is 0.462. The number of benzene rings is 1. The average molecular weight is 264 g/mol. The number of rotatable bonds is 5. The number of anilines is 2. The molecule has 0 saturated heterocycles. The lowest BCUT2D eigenvalue weighted by Gasteiger charge is -2.22. The zero-order chi connectivity index (χ0) is 14.0. The zero-order valence-corrected chi connectivity index (χ0v) is 11.6. The Labute approximate surface area is 111 Å². The Morgan fingerprint density at radius 3 is 2.68 bits per heavy atom. The number of H-pyrrole nitrogens is 1. The molecule has 0 spiro atoms. The van der Waals surface area contributed by atoms with Crippen LogP contribution in [-0.4, -0.2) is 44.1 Å². The topological polar surface area (TPSA) is 78.5 Å². The van der Waals surface area contributed by atoms with Crippen molar-refractivity contribution in [3.63, 3.8) is 0 Å². The fourth-order valence-electron chi connectivity index (χ4n) is 2.08. The van der Waals surface area contributed by atoms with E-state index in [0.717, 1.165) is 25.2 Å². The molecule has 6 heteroatoms. The summed E-state index contributed by atoms with van der Waals surface area (Å²) in [5.74, 6) is -0.457. The lowest BCUT2D eigenvalue weighted by Crippen LogP contribution is -2.24. The van der Waals surface area contributed by atoms with E-state index < -0.39 is 5.76 Å². The summed E-state index contributed by atoms with van der Waals surface area (Å²) in [6, 6.07) is 3.54. The molecular weight excluding hydrogens is 244 g/mol. The summed E-state index contributed by atoms with van der Waals surface area (Å²) < 4.78 is 4.98. The van der Waals surface area contributed by atoms with Crippen LogP contribution in [0.4, 0.5) is 11.4 Å². The molecule has 0 unspecified atom stereocenters. The van der Waals surface area contributed by atoms with Crippen LogP contribution in [0.15, 0.2) is 21.3 Å². The van der Waals surface area contributed by atoms with Gasteiger partial charge in [0.2, 0.25) is 0 Å². The molecule has 104 valence electrons. The molecule has 0 bridgehead atoms. The van der Waals surface area contributed by atoms with E-state index >= 15 is 0 Å².